The molecule has 0 heterocycles. The minimum atomic E-state index is -0.656. The predicted molar refractivity (Wildman–Crippen MR) is 69.9 cm³/mol. The molecule has 1 N–H and O–H groups in total. The minimum absolute atomic E-state index is 0. The smallest absolute Gasteiger partial charge is 0 e. The van der Waals surface area contributed by atoms with Gasteiger partial charge in [-0.3, -0.25) is 0 Å². The number of hydrogen-bond acceptors (Lipinski definition) is 1. The molecule has 0 amide bonds. The second-order valence-corrected chi connectivity index (χ2v) is 4.04. The molecule has 1 atom stereocenters. The van der Waals surface area contributed by atoms with Gasteiger partial charge in [0, 0.05) is 17.4 Å². The Morgan fingerprint density at radius 2 is 1.67 bits per heavy atom. The van der Waals surface area contributed by atoms with E-state index in [4.69, 9.17) is 14.0 Å². The van der Waals surface area contributed by atoms with Crippen molar-refractivity contribution in [2.24, 2.45) is 0 Å². The number of benzene rings is 1. The van der Waals surface area contributed by atoms with Crippen molar-refractivity contribution in [2.75, 3.05) is 0 Å². The summed E-state index contributed by atoms with van der Waals surface area (Å²) in [6.45, 7) is 17.2. The predicted octanol–water partition coefficient (Wildman–Crippen LogP) is 2.67. The maximum absolute atomic E-state index is 10.5. The summed E-state index contributed by atoms with van der Waals surface area (Å²) < 4.78 is 22.5. The van der Waals surface area contributed by atoms with Crippen molar-refractivity contribution >= 4 is 0 Å². The fraction of sp³-hybridized carbons (Fsp3) is 0.312. The minimum Gasteiger partial charge on any atom is 0 e. The van der Waals surface area contributed by atoms with Crippen LogP contribution in [0, 0.1) is 20.0 Å². The second-order valence-electron chi connectivity index (χ2n) is 4.04. The average Bonchev–Trinajstić information content (AvgIpc) is 2.54. The van der Waals surface area contributed by atoms with Crippen molar-refractivity contribution in [1.29, 1.82) is 0 Å². The van der Waals surface area contributed by atoms with Crippen molar-refractivity contribution in [1.82, 2.24) is 0 Å². The van der Waals surface area contributed by atoms with Gasteiger partial charge in [-0.25, -0.2) is 0 Å². The molecule has 0 saturated heterocycles. The summed E-state index contributed by atoms with van der Waals surface area (Å²) in [4.78, 5) is 0. The van der Waals surface area contributed by atoms with E-state index in [1.54, 1.807) is 0 Å². The number of hydrogen-bond donors (Lipinski definition) is 1. The van der Waals surface area contributed by atoms with Crippen LogP contribution in [0.1, 0.15) is 30.4 Å². The standard InChI is InChI=1S/C13H16O.3CO.Cr/c1-2-9-13(14)10-5-7-11-6-3-4-8-12(11)13;3*1-2;/h2-4,6,8,14H,1,5,7,9-10H2;;;;/t13-;;;;/m1..../s1. The first-order valence-electron chi connectivity index (χ1n) is 5.79. The van der Waals surface area contributed by atoms with E-state index in [0.29, 0.717) is 6.42 Å². The molecule has 0 bridgehead atoms. The number of rotatable bonds is 2. The maximum atomic E-state index is 10.5. The van der Waals surface area contributed by atoms with Crippen LogP contribution in [0.3, 0.4) is 0 Å². The van der Waals surface area contributed by atoms with Crippen molar-refractivity contribution < 1.29 is 36.4 Å². The molecule has 1 aromatic carbocycles. The van der Waals surface area contributed by atoms with E-state index in [9.17, 15) is 5.11 Å². The van der Waals surface area contributed by atoms with Crippen LogP contribution in [0.4, 0.5) is 0 Å². The summed E-state index contributed by atoms with van der Waals surface area (Å²) in [5.74, 6) is 0. The Bertz CT molecular complexity index is 451. The largest absolute Gasteiger partial charge is 0 e. The number of aliphatic hydroxyl groups is 1. The van der Waals surface area contributed by atoms with Gasteiger partial charge in [-0.05, 0) is 36.8 Å². The molecule has 0 saturated carbocycles. The third kappa shape index (κ3) is 7.30. The molecule has 0 fully saturated rings. The molecule has 5 heteroatoms. The van der Waals surface area contributed by atoms with Gasteiger partial charge in [-0.1, -0.05) is 30.3 Å². The molecule has 2 rings (SSSR count). The Balaban J connectivity index is -0.000000414. The van der Waals surface area contributed by atoms with Crippen LogP contribution in [-0.2, 0) is 43.3 Å². The molecule has 0 aliphatic heterocycles. The molecule has 1 aliphatic carbocycles. The topological polar surface area (TPSA) is 79.9 Å². The molecule has 0 aromatic heterocycles. The molecular formula is C16H16CrO4. The second kappa shape index (κ2) is 15.1. The summed E-state index contributed by atoms with van der Waals surface area (Å²) in [5.41, 5.74) is 1.74. The number of fused-ring (bicyclic) bond motifs is 1. The van der Waals surface area contributed by atoms with Crippen LogP contribution >= 0.6 is 0 Å². The molecule has 4 nitrogen and oxygen atoms in total. The summed E-state index contributed by atoms with van der Waals surface area (Å²) >= 11 is 0. The Labute approximate surface area is 136 Å². The Morgan fingerprint density at radius 1 is 1.14 bits per heavy atom. The maximum Gasteiger partial charge on any atom is 0 e. The Morgan fingerprint density at radius 3 is 2.19 bits per heavy atom. The summed E-state index contributed by atoms with van der Waals surface area (Å²) in [6.07, 6.45) is 5.49. The van der Waals surface area contributed by atoms with Crippen LogP contribution in [-0.4, -0.2) is 5.11 Å². The zero-order chi connectivity index (χ0) is 16.0. The van der Waals surface area contributed by atoms with Gasteiger partial charge < -0.3 is 5.11 Å². The third-order valence-corrected chi connectivity index (χ3v) is 3.04. The number of aryl methyl sites for hydroxylation is 1. The monoisotopic (exact) mass is 324 g/mol. The van der Waals surface area contributed by atoms with E-state index in [1.165, 1.54) is 5.56 Å². The molecule has 110 valence electrons. The summed E-state index contributed by atoms with van der Waals surface area (Å²) in [6, 6.07) is 8.19. The first-order chi connectivity index (χ1) is 9.76. The van der Waals surface area contributed by atoms with E-state index in [1.807, 2.05) is 24.3 Å². The van der Waals surface area contributed by atoms with Crippen molar-refractivity contribution in [3.8, 4) is 0 Å². The molecule has 21 heavy (non-hydrogen) atoms. The van der Waals surface area contributed by atoms with Gasteiger partial charge in [0.05, 0.1) is 5.60 Å². The van der Waals surface area contributed by atoms with Gasteiger partial charge in [-0.2, -0.15) is 0 Å². The van der Waals surface area contributed by atoms with Crippen molar-refractivity contribution in [3.63, 3.8) is 0 Å². The van der Waals surface area contributed by atoms with Gasteiger partial charge >= 0.3 is 33.9 Å². The average molecular weight is 324 g/mol. The Hall–Kier alpha value is -1.33. The van der Waals surface area contributed by atoms with Gasteiger partial charge in [0.15, 0.2) is 0 Å². The first kappa shape index (κ1) is 24.7. The SMILES string of the molecule is C=CC[C@@]1(O)CCCc2ccccc21.[C-]#[O+].[C-]#[O+].[C-]#[O+].[Cr]. The third-order valence-electron chi connectivity index (χ3n) is 3.04. The molecule has 1 aromatic rings. The van der Waals surface area contributed by atoms with E-state index in [0.717, 1.165) is 24.8 Å². The molecular weight excluding hydrogens is 308 g/mol. The van der Waals surface area contributed by atoms with Gasteiger partial charge in [0.25, 0.3) is 0 Å². The molecule has 0 unspecified atom stereocenters. The Kier molecular flexibility index (Phi) is 17.7. The van der Waals surface area contributed by atoms with Crippen molar-refractivity contribution in [3.05, 3.63) is 68.0 Å². The molecule has 0 radical (unpaired) electrons. The van der Waals surface area contributed by atoms with E-state index in [-0.39, 0.29) is 17.4 Å². The van der Waals surface area contributed by atoms with Crippen LogP contribution < -0.4 is 0 Å². The molecule has 0 spiro atoms. The fourth-order valence-corrected chi connectivity index (χ4v) is 2.35. The van der Waals surface area contributed by atoms with Crippen LogP contribution in [0.2, 0.25) is 0 Å². The van der Waals surface area contributed by atoms with Gasteiger partial charge in [0.1, 0.15) is 0 Å². The first-order valence-corrected chi connectivity index (χ1v) is 5.79. The van der Waals surface area contributed by atoms with Crippen LogP contribution in [0.15, 0.2) is 36.9 Å². The van der Waals surface area contributed by atoms with E-state index >= 15 is 0 Å². The van der Waals surface area contributed by atoms with Crippen LogP contribution in [0.5, 0.6) is 0 Å². The zero-order valence-electron chi connectivity index (χ0n) is 11.5. The summed E-state index contributed by atoms with van der Waals surface area (Å²) in [7, 11) is 0. The zero-order valence-corrected chi connectivity index (χ0v) is 12.8. The normalized spacial score (nSPS) is 17.3. The molecule has 1 aliphatic rings. The van der Waals surface area contributed by atoms with Gasteiger partial charge in [-0.15, -0.1) is 6.58 Å². The van der Waals surface area contributed by atoms with Crippen LogP contribution in [0.25, 0.3) is 0 Å². The van der Waals surface area contributed by atoms with E-state index < -0.39 is 5.60 Å². The van der Waals surface area contributed by atoms with E-state index in [2.05, 4.69) is 32.6 Å². The van der Waals surface area contributed by atoms with Crippen molar-refractivity contribution in [2.45, 2.75) is 31.3 Å². The summed E-state index contributed by atoms with van der Waals surface area (Å²) in [5, 5.41) is 10.5. The fourth-order valence-electron chi connectivity index (χ4n) is 2.35. The quantitative estimate of drug-likeness (QED) is 0.506. The van der Waals surface area contributed by atoms with Gasteiger partial charge in [0.2, 0.25) is 0 Å².